The average molecular weight is 496 g/mol. The second-order valence-electron chi connectivity index (χ2n) is 8.56. The van der Waals surface area contributed by atoms with Gasteiger partial charge in [0.15, 0.2) is 0 Å². The van der Waals surface area contributed by atoms with Gasteiger partial charge in [-0.25, -0.2) is 4.79 Å². The number of rotatable bonds is 5. The van der Waals surface area contributed by atoms with Crippen molar-refractivity contribution < 1.29 is 14.3 Å². The highest BCUT2D eigenvalue weighted by Gasteiger charge is 2.36. The predicted octanol–water partition coefficient (Wildman–Crippen LogP) is 5.32. The lowest BCUT2D eigenvalue weighted by molar-refractivity contribution is -0.141. The number of ether oxygens (including phenoxy) is 1. The highest BCUT2D eigenvalue weighted by atomic mass is 32.2. The number of amides is 2. The number of nitrogens with one attached hydrogen (secondary N) is 1. The summed E-state index contributed by atoms with van der Waals surface area (Å²) in [4.78, 5) is 30.1. The highest BCUT2D eigenvalue weighted by molar-refractivity contribution is 7.98. The van der Waals surface area contributed by atoms with Gasteiger partial charge in [0.05, 0.1) is 24.9 Å². The number of aryl methyl sites for hydroxylation is 1. The zero-order valence-corrected chi connectivity index (χ0v) is 21.1. The van der Waals surface area contributed by atoms with Crippen LogP contribution >= 0.6 is 23.1 Å². The van der Waals surface area contributed by atoms with Crippen LogP contribution < -0.4 is 5.32 Å². The summed E-state index contributed by atoms with van der Waals surface area (Å²) in [7, 11) is 0. The molecule has 1 aliphatic carbocycles. The molecule has 34 heavy (non-hydrogen) atoms. The molecule has 1 aromatic carbocycles. The zero-order chi connectivity index (χ0) is 23.7. The van der Waals surface area contributed by atoms with Gasteiger partial charge in [-0.1, -0.05) is 12.1 Å². The summed E-state index contributed by atoms with van der Waals surface area (Å²) in [6, 6.07) is 12.0. The molecule has 2 aliphatic rings. The number of aromatic nitrogens is 1. The molecule has 1 atom stereocenters. The van der Waals surface area contributed by atoms with E-state index in [2.05, 4.69) is 58.7 Å². The van der Waals surface area contributed by atoms with Gasteiger partial charge in [0.1, 0.15) is 11.5 Å². The number of benzene rings is 1. The van der Waals surface area contributed by atoms with Gasteiger partial charge in [-0.05, 0) is 74.3 Å². The van der Waals surface area contributed by atoms with Gasteiger partial charge in [0.25, 0.3) is 0 Å². The van der Waals surface area contributed by atoms with Crippen LogP contribution in [0, 0.1) is 0 Å². The van der Waals surface area contributed by atoms with E-state index < -0.39 is 5.97 Å². The Morgan fingerprint density at radius 3 is 2.71 bits per heavy atom. The predicted molar refractivity (Wildman–Crippen MR) is 136 cm³/mol. The van der Waals surface area contributed by atoms with Crippen LogP contribution in [0.5, 0.6) is 0 Å². The summed E-state index contributed by atoms with van der Waals surface area (Å²) < 4.78 is 7.29. The summed E-state index contributed by atoms with van der Waals surface area (Å²) in [5.74, 6) is -0.427. The Labute approximate surface area is 208 Å². The van der Waals surface area contributed by atoms with Crippen molar-refractivity contribution >= 4 is 35.1 Å². The van der Waals surface area contributed by atoms with E-state index in [1.807, 2.05) is 16.2 Å². The fraction of sp³-hybridized carbons (Fsp3) is 0.385. The van der Waals surface area contributed by atoms with Gasteiger partial charge in [0.2, 0.25) is 0 Å². The van der Waals surface area contributed by atoms with E-state index in [-0.39, 0.29) is 18.6 Å². The number of thioether (sulfide) groups is 1. The van der Waals surface area contributed by atoms with Crippen molar-refractivity contribution in [3.8, 4) is 5.00 Å². The van der Waals surface area contributed by atoms with E-state index in [9.17, 15) is 9.59 Å². The molecule has 0 spiro atoms. The number of nitrogens with zero attached hydrogens (tertiary/aromatic N) is 2. The summed E-state index contributed by atoms with van der Waals surface area (Å²) in [6.07, 6.45) is 8.74. The van der Waals surface area contributed by atoms with Crippen molar-refractivity contribution in [3.05, 3.63) is 69.9 Å². The van der Waals surface area contributed by atoms with Crippen LogP contribution in [0.4, 0.5) is 4.79 Å². The van der Waals surface area contributed by atoms with Crippen LogP contribution in [0.2, 0.25) is 0 Å². The molecule has 1 N–H and O–H groups in total. The van der Waals surface area contributed by atoms with Gasteiger partial charge in [-0.2, -0.15) is 0 Å². The van der Waals surface area contributed by atoms with Crippen LogP contribution in [0.3, 0.4) is 0 Å². The van der Waals surface area contributed by atoms with E-state index in [4.69, 9.17) is 4.74 Å². The third-order valence-corrected chi connectivity index (χ3v) is 8.64. The number of hydrogen-bond acceptors (Lipinski definition) is 5. The largest absolute Gasteiger partial charge is 0.465 e. The molecule has 178 valence electrons. The van der Waals surface area contributed by atoms with Gasteiger partial charge >= 0.3 is 12.0 Å². The maximum Gasteiger partial charge on any atom is 0.325 e. The Hall–Kier alpha value is -2.71. The molecule has 6 nitrogen and oxygen atoms in total. The molecule has 0 radical (unpaired) electrons. The van der Waals surface area contributed by atoms with Crippen LogP contribution in [0.25, 0.3) is 5.00 Å². The topological polar surface area (TPSA) is 63.6 Å². The lowest BCUT2D eigenvalue weighted by Gasteiger charge is -2.31. The standard InChI is InChI=1S/C26H29N3O3S2/c1-3-32-23(30)15-27-26(31)29-16-20-19-7-4-5-9-22(19)34-25(20)28-14-6-8-21(28)24(29)17-10-12-18(33-2)13-11-17/h6,8,10-14,24H,3-5,7,9,15-16H2,1-2H3,(H,27,31). The first-order valence-electron chi connectivity index (χ1n) is 11.8. The number of fused-ring (bicyclic) bond motifs is 5. The number of urea groups is 1. The first-order chi connectivity index (χ1) is 16.6. The third-order valence-electron chi connectivity index (χ3n) is 6.56. The fourth-order valence-electron chi connectivity index (χ4n) is 4.98. The molecule has 2 amide bonds. The molecule has 0 bridgehead atoms. The molecule has 8 heteroatoms. The number of thiophene rings is 1. The molecular weight excluding hydrogens is 466 g/mol. The van der Waals surface area contributed by atoms with Gasteiger partial charge in [-0.15, -0.1) is 23.1 Å². The average Bonchev–Trinajstić information content (AvgIpc) is 3.45. The molecule has 0 fully saturated rings. The quantitative estimate of drug-likeness (QED) is 0.385. The van der Waals surface area contributed by atoms with Crippen LogP contribution in [0.15, 0.2) is 47.5 Å². The maximum absolute atomic E-state index is 13.6. The monoisotopic (exact) mass is 495 g/mol. The smallest absolute Gasteiger partial charge is 0.325 e. The Morgan fingerprint density at radius 1 is 1.15 bits per heavy atom. The Bertz CT molecular complexity index is 1200. The SMILES string of the molecule is CCOC(=O)CNC(=O)N1Cc2c(sc3c2CCCC3)-n2cccc2C1c1ccc(SC)cc1. The first kappa shape index (κ1) is 23.1. The number of carbonyl (C=O) groups excluding carboxylic acids is 2. The van der Waals surface area contributed by atoms with Crippen molar-refractivity contribution in [2.75, 3.05) is 19.4 Å². The Morgan fingerprint density at radius 2 is 1.94 bits per heavy atom. The van der Waals surface area contributed by atoms with E-state index >= 15 is 0 Å². The first-order valence-corrected chi connectivity index (χ1v) is 13.8. The van der Waals surface area contributed by atoms with Crippen molar-refractivity contribution in [1.82, 2.24) is 14.8 Å². The van der Waals surface area contributed by atoms with Gasteiger partial charge < -0.3 is 19.5 Å². The van der Waals surface area contributed by atoms with Crippen LogP contribution in [0.1, 0.15) is 53.1 Å². The van der Waals surface area contributed by atoms with E-state index in [1.165, 1.54) is 38.7 Å². The number of esters is 1. The molecule has 0 saturated heterocycles. The minimum Gasteiger partial charge on any atom is -0.465 e. The summed E-state index contributed by atoms with van der Waals surface area (Å²) in [5, 5.41) is 4.04. The Kier molecular flexibility index (Phi) is 6.70. The normalized spacial score (nSPS) is 16.8. The second kappa shape index (κ2) is 9.88. The lowest BCUT2D eigenvalue weighted by atomic mass is 9.95. The van der Waals surface area contributed by atoms with E-state index in [0.29, 0.717) is 13.2 Å². The summed E-state index contributed by atoms with van der Waals surface area (Å²) in [5.41, 5.74) is 4.76. The molecule has 1 aliphatic heterocycles. The zero-order valence-electron chi connectivity index (χ0n) is 19.5. The summed E-state index contributed by atoms with van der Waals surface area (Å²) in [6.45, 7) is 2.42. The molecule has 1 unspecified atom stereocenters. The molecular formula is C26H29N3O3S2. The third kappa shape index (κ3) is 4.25. The van der Waals surface area contributed by atoms with Crippen LogP contribution in [-0.4, -0.2) is 40.9 Å². The van der Waals surface area contributed by atoms with E-state index in [1.54, 1.807) is 18.7 Å². The molecule has 3 aromatic rings. The molecule has 0 saturated carbocycles. The molecule has 5 rings (SSSR count). The highest BCUT2D eigenvalue weighted by Crippen LogP contribution is 2.44. The van der Waals surface area contributed by atoms with Crippen molar-refractivity contribution in [2.45, 2.75) is 50.1 Å². The Balaban J connectivity index is 1.59. The van der Waals surface area contributed by atoms with Crippen molar-refractivity contribution in [2.24, 2.45) is 0 Å². The van der Waals surface area contributed by atoms with Crippen molar-refractivity contribution in [3.63, 3.8) is 0 Å². The number of carbonyl (C=O) groups is 2. The van der Waals surface area contributed by atoms with E-state index in [0.717, 1.165) is 24.1 Å². The molecule has 2 aromatic heterocycles. The minimum atomic E-state index is -0.427. The molecule has 3 heterocycles. The maximum atomic E-state index is 13.6. The van der Waals surface area contributed by atoms with Crippen molar-refractivity contribution in [1.29, 1.82) is 0 Å². The minimum absolute atomic E-state index is 0.142. The number of hydrogen-bond donors (Lipinski definition) is 1. The lowest BCUT2D eigenvalue weighted by Crippen LogP contribution is -2.44. The summed E-state index contributed by atoms with van der Waals surface area (Å²) >= 11 is 3.56. The second-order valence-corrected chi connectivity index (χ2v) is 10.5. The van der Waals surface area contributed by atoms with Gasteiger partial charge in [-0.3, -0.25) is 4.79 Å². The fourth-order valence-corrected chi connectivity index (χ4v) is 6.80. The van der Waals surface area contributed by atoms with Crippen LogP contribution in [-0.2, 0) is 28.9 Å². The van der Waals surface area contributed by atoms with Gasteiger partial charge in [0, 0.05) is 21.5 Å².